The van der Waals surface area contributed by atoms with Crippen molar-refractivity contribution in [3.63, 3.8) is 0 Å². The largest absolute Gasteiger partial charge is 0.451 e. The van der Waals surface area contributed by atoms with E-state index in [1.807, 2.05) is 31.2 Å². The highest BCUT2D eigenvalue weighted by atomic mass is 32.1. The van der Waals surface area contributed by atoms with Gasteiger partial charge in [-0.05, 0) is 44.2 Å². The second-order valence-corrected chi connectivity index (χ2v) is 9.43. The van der Waals surface area contributed by atoms with Gasteiger partial charge < -0.3 is 20.1 Å². The zero-order valence-electron chi connectivity index (χ0n) is 19.7. The molecule has 4 rings (SSSR count). The number of H-pyrrole nitrogens is 1. The normalized spacial score (nSPS) is 12.6. The fourth-order valence-corrected chi connectivity index (χ4v) is 5.22. The molecule has 1 aliphatic carbocycles. The van der Waals surface area contributed by atoms with Gasteiger partial charge in [0.2, 0.25) is 0 Å². The number of ether oxygens (including phenoxy) is 2. The molecule has 0 fully saturated rings. The van der Waals surface area contributed by atoms with Crippen molar-refractivity contribution in [3.8, 4) is 11.3 Å². The van der Waals surface area contributed by atoms with Crippen LogP contribution in [-0.2, 0) is 27.1 Å². The number of amides is 2. The van der Waals surface area contributed by atoms with Crippen LogP contribution in [0.25, 0.3) is 11.3 Å². The van der Waals surface area contributed by atoms with Crippen LogP contribution in [0.5, 0.6) is 0 Å². The predicted molar refractivity (Wildman–Crippen MR) is 133 cm³/mol. The van der Waals surface area contributed by atoms with E-state index in [-0.39, 0.29) is 11.6 Å². The molecule has 0 saturated heterocycles. The summed E-state index contributed by atoms with van der Waals surface area (Å²) in [6, 6.07) is 9.33. The van der Waals surface area contributed by atoms with Gasteiger partial charge >= 0.3 is 5.97 Å². The van der Waals surface area contributed by atoms with Crippen molar-refractivity contribution in [2.24, 2.45) is 0 Å². The molecule has 0 unspecified atom stereocenters. The first-order valence-corrected chi connectivity index (χ1v) is 12.3. The average molecular weight is 497 g/mol. The van der Waals surface area contributed by atoms with Gasteiger partial charge in [0.05, 0.1) is 17.9 Å². The third kappa shape index (κ3) is 5.95. The molecule has 0 atom stereocenters. The summed E-state index contributed by atoms with van der Waals surface area (Å²) in [5.41, 5.74) is 4.23. The number of aryl methyl sites for hydroxylation is 2. The number of thiophene rings is 1. The molecule has 0 aliphatic heterocycles. The maximum atomic E-state index is 12.8. The molecular formula is C25H28N4O5S. The number of nitrogens with zero attached hydrogens (tertiary/aromatic N) is 1. The standard InChI is InChI=1S/C25H28N4O5S/c1-15-7-9-16(10-8-15)18-13-19(29-28-18)25(32)34-14-21(30)27-24-22(23(31)26-11-12-33-2)17-5-3-4-6-20(17)35-24/h7-10,13H,3-6,11-12,14H2,1-2H3,(H,26,31)(H,27,30)(H,28,29). The van der Waals surface area contributed by atoms with E-state index in [9.17, 15) is 14.4 Å². The van der Waals surface area contributed by atoms with Gasteiger partial charge in [-0.3, -0.25) is 14.7 Å². The van der Waals surface area contributed by atoms with Crippen LogP contribution in [0.3, 0.4) is 0 Å². The van der Waals surface area contributed by atoms with E-state index in [0.717, 1.165) is 47.3 Å². The third-order valence-corrected chi connectivity index (χ3v) is 6.93. The van der Waals surface area contributed by atoms with E-state index in [1.165, 1.54) is 11.3 Å². The summed E-state index contributed by atoms with van der Waals surface area (Å²) in [4.78, 5) is 39.0. The number of carbonyl (C=O) groups is 3. The van der Waals surface area contributed by atoms with Gasteiger partial charge in [0, 0.05) is 24.1 Å². The van der Waals surface area contributed by atoms with Gasteiger partial charge in [-0.2, -0.15) is 5.10 Å². The summed E-state index contributed by atoms with van der Waals surface area (Å²) < 4.78 is 10.2. The molecular weight excluding hydrogens is 468 g/mol. The number of benzene rings is 1. The fraction of sp³-hybridized carbons (Fsp3) is 0.360. The Labute approximate surface area is 207 Å². The van der Waals surface area contributed by atoms with Crippen LogP contribution in [0.2, 0.25) is 0 Å². The van der Waals surface area contributed by atoms with Crippen molar-refractivity contribution in [3.05, 3.63) is 57.6 Å². The Morgan fingerprint density at radius 1 is 1.14 bits per heavy atom. The molecule has 9 nitrogen and oxygen atoms in total. The van der Waals surface area contributed by atoms with Gasteiger partial charge in [-0.15, -0.1) is 11.3 Å². The van der Waals surface area contributed by atoms with Gasteiger partial charge in [0.1, 0.15) is 10.7 Å². The number of rotatable bonds is 9. The maximum absolute atomic E-state index is 12.8. The molecule has 2 heterocycles. The van der Waals surface area contributed by atoms with Gasteiger partial charge in [-0.25, -0.2) is 4.79 Å². The number of anilines is 1. The van der Waals surface area contributed by atoms with Gasteiger partial charge in [-0.1, -0.05) is 29.8 Å². The molecule has 0 bridgehead atoms. The Hall–Kier alpha value is -3.50. The highest BCUT2D eigenvalue weighted by Gasteiger charge is 2.26. The number of nitrogens with one attached hydrogen (secondary N) is 3. The summed E-state index contributed by atoms with van der Waals surface area (Å²) in [6.45, 7) is 2.28. The van der Waals surface area contributed by atoms with Crippen molar-refractivity contribution in [2.45, 2.75) is 32.6 Å². The van der Waals surface area contributed by atoms with Crippen molar-refractivity contribution in [2.75, 3.05) is 32.2 Å². The highest BCUT2D eigenvalue weighted by Crippen LogP contribution is 2.38. The Kier molecular flexibility index (Phi) is 7.94. The molecule has 1 aromatic carbocycles. The van der Waals surface area contributed by atoms with E-state index in [2.05, 4.69) is 20.8 Å². The lowest BCUT2D eigenvalue weighted by Crippen LogP contribution is -2.29. The number of hydrogen-bond donors (Lipinski definition) is 3. The highest BCUT2D eigenvalue weighted by molar-refractivity contribution is 7.17. The van der Waals surface area contributed by atoms with Crippen LogP contribution in [0.1, 0.15) is 49.7 Å². The quantitative estimate of drug-likeness (QED) is 0.308. The van der Waals surface area contributed by atoms with E-state index < -0.39 is 18.5 Å². The second-order valence-electron chi connectivity index (χ2n) is 8.32. The molecule has 35 heavy (non-hydrogen) atoms. The average Bonchev–Trinajstić information content (AvgIpc) is 3.48. The summed E-state index contributed by atoms with van der Waals surface area (Å²) in [7, 11) is 1.57. The summed E-state index contributed by atoms with van der Waals surface area (Å²) in [5.74, 6) is -1.44. The molecule has 0 spiro atoms. The molecule has 0 radical (unpaired) electrons. The summed E-state index contributed by atoms with van der Waals surface area (Å²) >= 11 is 1.41. The first-order valence-electron chi connectivity index (χ1n) is 11.5. The Bertz CT molecular complexity index is 1220. The molecule has 184 valence electrons. The summed E-state index contributed by atoms with van der Waals surface area (Å²) in [5, 5.41) is 12.9. The lowest BCUT2D eigenvalue weighted by molar-refractivity contribution is -0.119. The van der Waals surface area contributed by atoms with Crippen molar-refractivity contribution >= 4 is 34.1 Å². The lowest BCUT2D eigenvalue weighted by Gasteiger charge is -2.13. The SMILES string of the molecule is COCCNC(=O)c1c(NC(=O)COC(=O)c2cc(-c3ccc(C)cc3)n[nH]2)sc2c1CCCC2. The smallest absolute Gasteiger partial charge is 0.356 e. The Balaban J connectivity index is 1.39. The predicted octanol–water partition coefficient (Wildman–Crippen LogP) is 3.50. The minimum Gasteiger partial charge on any atom is -0.451 e. The van der Waals surface area contributed by atoms with Crippen LogP contribution in [0.15, 0.2) is 30.3 Å². The molecule has 1 aliphatic rings. The van der Waals surface area contributed by atoms with Crippen molar-refractivity contribution in [1.29, 1.82) is 0 Å². The third-order valence-electron chi connectivity index (χ3n) is 5.72. The molecule has 3 N–H and O–H groups in total. The second kappa shape index (κ2) is 11.3. The number of fused-ring (bicyclic) bond motifs is 1. The Morgan fingerprint density at radius 3 is 2.69 bits per heavy atom. The number of aromatic nitrogens is 2. The first kappa shape index (κ1) is 24.6. The molecule has 2 aromatic heterocycles. The minimum atomic E-state index is -0.686. The number of aromatic amines is 1. The van der Waals surface area contributed by atoms with Crippen LogP contribution < -0.4 is 10.6 Å². The topological polar surface area (TPSA) is 122 Å². The van der Waals surface area contributed by atoms with Crippen molar-refractivity contribution < 1.29 is 23.9 Å². The lowest BCUT2D eigenvalue weighted by atomic mass is 9.95. The summed E-state index contributed by atoms with van der Waals surface area (Å²) in [6.07, 6.45) is 3.74. The maximum Gasteiger partial charge on any atom is 0.356 e. The van der Waals surface area contributed by atoms with Crippen LogP contribution in [0.4, 0.5) is 5.00 Å². The van der Waals surface area contributed by atoms with Gasteiger partial charge in [0.25, 0.3) is 11.8 Å². The molecule has 10 heteroatoms. The number of carbonyl (C=O) groups excluding carboxylic acids is 3. The van der Waals surface area contributed by atoms with Crippen molar-refractivity contribution in [1.82, 2.24) is 15.5 Å². The van der Waals surface area contributed by atoms with Gasteiger partial charge in [0.15, 0.2) is 6.61 Å². The molecule has 2 amide bonds. The molecule has 3 aromatic rings. The minimum absolute atomic E-state index is 0.151. The Morgan fingerprint density at radius 2 is 1.91 bits per heavy atom. The van der Waals surface area contributed by atoms with E-state index in [1.54, 1.807) is 13.2 Å². The number of methoxy groups -OCH3 is 1. The first-order chi connectivity index (χ1) is 17.0. The fourth-order valence-electron chi connectivity index (χ4n) is 3.92. The van der Waals surface area contributed by atoms with E-state index >= 15 is 0 Å². The van der Waals surface area contributed by atoms with E-state index in [0.29, 0.717) is 29.4 Å². The van der Waals surface area contributed by atoms with Crippen LogP contribution >= 0.6 is 11.3 Å². The zero-order chi connectivity index (χ0) is 24.8. The number of hydrogen-bond acceptors (Lipinski definition) is 7. The van der Waals surface area contributed by atoms with E-state index in [4.69, 9.17) is 9.47 Å². The zero-order valence-corrected chi connectivity index (χ0v) is 20.5. The monoisotopic (exact) mass is 496 g/mol. The van der Waals surface area contributed by atoms with Crippen LogP contribution in [0, 0.1) is 6.92 Å². The molecule has 0 saturated carbocycles. The van der Waals surface area contributed by atoms with Crippen LogP contribution in [-0.4, -0.2) is 54.8 Å². The number of esters is 1.